The first-order valence-electron chi connectivity index (χ1n) is 12.6. The first kappa shape index (κ1) is 24.2. The number of carbonyl (C=O) groups excluding carboxylic acids is 2. The molecule has 1 unspecified atom stereocenters. The summed E-state index contributed by atoms with van der Waals surface area (Å²) in [6.45, 7) is 3.18. The second-order valence-electron chi connectivity index (χ2n) is 9.88. The highest BCUT2D eigenvalue weighted by molar-refractivity contribution is 7.89. The van der Waals surface area contributed by atoms with E-state index < -0.39 is 10.0 Å². The molecule has 1 heterocycles. The van der Waals surface area contributed by atoms with Gasteiger partial charge in [-0.1, -0.05) is 36.4 Å². The molecule has 2 fully saturated rings. The SMILES string of the molecule is CC(=O)c1ccc(S(=O)(=O)N2CCN(C(=O)CN(C3CC3)C3CCCc4ccccc43)CC2)cc1. The molecule has 3 aliphatic rings. The van der Waals surface area contributed by atoms with Gasteiger partial charge in [-0.3, -0.25) is 14.5 Å². The van der Waals surface area contributed by atoms with Gasteiger partial charge in [0.2, 0.25) is 15.9 Å². The molecule has 2 aliphatic carbocycles. The van der Waals surface area contributed by atoms with Gasteiger partial charge in [-0.25, -0.2) is 8.42 Å². The highest BCUT2D eigenvalue weighted by Crippen LogP contribution is 2.40. The van der Waals surface area contributed by atoms with E-state index >= 15 is 0 Å². The van der Waals surface area contributed by atoms with Crippen molar-refractivity contribution in [3.8, 4) is 0 Å². The molecule has 2 aromatic rings. The van der Waals surface area contributed by atoms with Crippen LogP contribution in [0.25, 0.3) is 0 Å². The highest BCUT2D eigenvalue weighted by Gasteiger charge is 2.39. The molecule has 1 aliphatic heterocycles. The van der Waals surface area contributed by atoms with Crippen LogP contribution in [0.5, 0.6) is 0 Å². The monoisotopic (exact) mass is 495 g/mol. The Balaban J connectivity index is 1.22. The van der Waals surface area contributed by atoms with E-state index in [4.69, 9.17) is 0 Å². The molecule has 1 amide bonds. The summed E-state index contributed by atoms with van der Waals surface area (Å²) in [7, 11) is -3.66. The average molecular weight is 496 g/mol. The quantitative estimate of drug-likeness (QED) is 0.551. The number of Topliss-reactive ketones (excluding diaryl/α,β-unsaturated/α-hetero) is 1. The van der Waals surface area contributed by atoms with E-state index in [-0.39, 0.29) is 35.7 Å². The number of aryl methyl sites for hydroxylation is 1. The molecule has 1 saturated heterocycles. The van der Waals surface area contributed by atoms with Crippen molar-refractivity contribution in [1.82, 2.24) is 14.1 Å². The number of piperazine rings is 1. The van der Waals surface area contributed by atoms with Crippen molar-refractivity contribution in [3.63, 3.8) is 0 Å². The Labute approximate surface area is 207 Å². The van der Waals surface area contributed by atoms with Crippen LogP contribution in [0, 0.1) is 0 Å². The Morgan fingerprint density at radius 1 is 0.943 bits per heavy atom. The lowest BCUT2D eigenvalue weighted by Crippen LogP contribution is -2.53. The van der Waals surface area contributed by atoms with Crippen LogP contribution in [0.15, 0.2) is 53.4 Å². The fourth-order valence-corrected chi connectivity index (χ4v) is 6.84. The molecule has 0 radical (unpaired) electrons. The summed E-state index contributed by atoms with van der Waals surface area (Å²) < 4.78 is 27.6. The summed E-state index contributed by atoms with van der Waals surface area (Å²) in [4.78, 5) is 29.2. The number of ketones is 1. The maximum atomic E-state index is 13.3. The zero-order valence-corrected chi connectivity index (χ0v) is 21.0. The summed E-state index contributed by atoms with van der Waals surface area (Å²) in [5.41, 5.74) is 3.25. The average Bonchev–Trinajstić information content (AvgIpc) is 3.72. The lowest BCUT2D eigenvalue weighted by atomic mass is 9.86. The van der Waals surface area contributed by atoms with E-state index in [1.54, 1.807) is 12.1 Å². The minimum atomic E-state index is -3.66. The number of nitrogens with zero attached hydrogens (tertiary/aromatic N) is 3. The van der Waals surface area contributed by atoms with Crippen LogP contribution in [0.2, 0.25) is 0 Å². The highest BCUT2D eigenvalue weighted by atomic mass is 32.2. The largest absolute Gasteiger partial charge is 0.339 e. The topological polar surface area (TPSA) is 78.0 Å². The fourth-order valence-electron chi connectivity index (χ4n) is 5.42. The lowest BCUT2D eigenvalue weighted by molar-refractivity contribution is -0.134. The van der Waals surface area contributed by atoms with Crippen molar-refractivity contribution in [1.29, 1.82) is 0 Å². The Morgan fingerprint density at radius 3 is 2.29 bits per heavy atom. The second-order valence-corrected chi connectivity index (χ2v) is 11.8. The zero-order chi connectivity index (χ0) is 24.6. The number of rotatable bonds is 7. The zero-order valence-electron chi connectivity index (χ0n) is 20.2. The van der Waals surface area contributed by atoms with Gasteiger partial charge in [-0.05, 0) is 62.3 Å². The van der Waals surface area contributed by atoms with Crippen LogP contribution in [-0.2, 0) is 21.2 Å². The molecule has 35 heavy (non-hydrogen) atoms. The van der Waals surface area contributed by atoms with E-state index in [0.717, 1.165) is 32.1 Å². The molecule has 186 valence electrons. The third-order valence-electron chi connectivity index (χ3n) is 7.56. The molecule has 8 heteroatoms. The smallest absolute Gasteiger partial charge is 0.243 e. The van der Waals surface area contributed by atoms with Crippen molar-refractivity contribution in [2.75, 3.05) is 32.7 Å². The Kier molecular flexibility index (Phi) is 6.79. The van der Waals surface area contributed by atoms with Crippen molar-refractivity contribution in [2.45, 2.75) is 56.0 Å². The number of benzene rings is 2. The first-order valence-corrected chi connectivity index (χ1v) is 14.0. The van der Waals surface area contributed by atoms with Crippen molar-refractivity contribution < 1.29 is 18.0 Å². The molecule has 1 atom stereocenters. The lowest BCUT2D eigenvalue weighted by Gasteiger charge is -2.38. The van der Waals surface area contributed by atoms with Crippen LogP contribution in [-0.4, -0.2) is 73.0 Å². The predicted molar refractivity (Wildman–Crippen MR) is 134 cm³/mol. The Morgan fingerprint density at radius 2 is 1.63 bits per heavy atom. The van der Waals surface area contributed by atoms with Gasteiger partial charge in [0.05, 0.1) is 11.4 Å². The Bertz CT molecular complexity index is 1200. The maximum Gasteiger partial charge on any atom is 0.243 e. The number of amides is 1. The minimum absolute atomic E-state index is 0.0859. The molecule has 0 bridgehead atoms. The van der Waals surface area contributed by atoms with Crippen LogP contribution >= 0.6 is 0 Å². The predicted octanol–water partition coefficient (Wildman–Crippen LogP) is 3.26. The molecular formula is C27H33N3O4S. The van der Waals surface area contributed by atoms with E-state index in [1.165, 1.54) is 34.5 Å². The second kappa shape index (κ2) is 9.84. The van der Waals surface area contributed by atoms with Gasteiger partial charge in [0.1, 0.15) is 0 Å². The standard InChI is InChI=1S/C27H33N3O4S/c1-20(31)21-9-13-24(14-10-21)35(33,34)29-17-15-28(16-18-29)27(32)19-30(23-11-12-23)26-8-4-6-22-5-2-3-7-25(22)26/h2-3,5,7,9-10,13-14,23,26H,4,6,8,11-12,15-19H2,1H3. The van der Waals surface area contributed by atoms with Crippen LogP contribution in [0.3, 0.4) is 0 Å². The fraction of sp³-hybridized carbons (Fsp3) is 0.481. The summed E-state index contributed by atoms with van der Waals surface area (Å²) in [6.07, 6.45) is 5.60. The van der Waals surface area contributed by atoms with Crippen LogP contribution in [0.4, 0.5) is 0 Å². The summed E-state index contributed by atoms with van der Waals surface area (Å²) in [6, 6.07) is 15.4. The van der Waals surface area contributed by atoms with Gasteiger partial charge in [0, 0.05) is 43.8 Å². The van der Waals surface area contributed by atoms with Crippen molar-refractivity contribution in [2.24, 2.45) is 0 Å². The van der Waals surface area contributed by atoms with Crippen LogP contribution < -0.4 is 0 Å². The Hall–Kier alpha value is -2.55. The number of sulfonamides is 1. The molecular weight excluding hydrogens is 462 g/mol. The molecule has 1 saturated carbocycles. The van der Waals surface area contributed by atoms with Gasteiger partial charge in [0.15, 0.2) is 5.78 Å². The molecule has 0 N–H and O–H groups in total. The van der Waals surface area contributed by atoms with Gasteiger partial charge in [0.25, 0.3) is 0 Å². The third-order valence-corrected chi connectivity index (χ3v) is 9.47. The van der Waals surface area contributed by atoms with Gasteiger partial charge in [-0.2, -0.15) is 4.31 Å². The molecule has 7 nitrogen and oxygen atoms in total. The molecule has 0 spiro atoms. The van der Waals surface area contributed by atoms with Gasteiger partial charge >= 0.3 is 0 Å². The van der Waals surface area contributed by atoms with E-state index in [0.29, 0.717) is 31.2 Å². The molecule has 0 aromatic heterocycles. The summed E-state index contributed by atoms with van der Waals surface area (Å²) in [5.74, 6) is -0.0131. The summed E-state index contributed by atoms with van der Waals surface area (Å²) in [5, 5.41) is 0. The van der Waals surface area contributed by atoms with Crippen molar-refractivity contribution >= 4 is 21.7 Å². The third kappa shape index (κ3) is 5.06. The number of fused-ring (bicyclic) bond motifs is 1. The summed E-state index contributed by atoms with van der Waals surface area (Å²) >= 11 is 0. The maximum absolute atomic E-state index is 13.3. The van der Waals surface area contributed by atoms with Crippen LogP contribution in [0.1, 0.15) is 60.1 Å². The molecule has 5 rings (SSSR count). The van der Waals surface area contributed by atoms with E-state index in [2.05, 4.69) is 29.2 Å². The van der Waals surface area contributed by atoms with Gasteiger partial charge < -0.3 is 4.90 Å². The van der Waals surface area contributed by atoms with Crippen molar-refractivity contribution in [3.05, 3.63) is 65.2 Å². The van der Waals surface area contributed by atoms with E-state index in [1.807, 2.05) is 4.90 Å². The number of carbonyl (C=O) groups is 2. The number of hydrogen-bond acceptors (Lipinski definition) is 5. The molecule has 2 aromatic carbocycles. The minimum Gasteiger partial charge on any atom is -0.339 e. The first-order chi connectivity index (χ1) is 16.8. The van der Waals surface area contributed by atoms with E-state index in [9.17, 15) is 18.0 Å². The normalized spacial score (nSPS) is 21.1. The van der Waals surface area contributed by atoms with Gasteiger partial charge in [-0.15, -0.1) is 0 Å². The number of hydrogen-bond donors (Lipinski definition) is 0.